The molecular weight excluding hydrogens is 396 g/mol. The molecule has 0 saturated heterocycles. The standard InChI is InChI=1S/C28H46N2O2/c1-17(2)26(32)11-6-18(3)22-9-10-23-21-8-7-20-14-25(30-29)19(16-31)15-28(20,5)24(21)12-13-27(22,23)4/h16-18,20-24,30H,6-15,29H2,1-5H3/t18-,20?,21+,22-,23+,24+,27-,28+/m1/s1. The molecule has 0 aromatic carbocycles. The van der Waals surface area contributed by atoms with Crippen molar-refractivity contribution in [1.82, 2.24) is 5.43 Å². The third-order valence-electron chi connectivity index (χ3n) is 11.0. The van der Waals surface area contributed by atoms with Gasteiger partial charge in [-0.05, 0) is 104 Å². The molecule has 180 valence electrons. The molecule has 0 spiro atoms. The highest BCUT2D eigenvalue weighted by atomic mass is 16.1. The molecule has 0 aliphatic heterocycles. The van der Waals surface area contributed by atoms with Crippen molar-refractivity contribution in [3.05, 3.63) is 11.3 Å². The van der Waals surface area contributed by atoms with Crippen LogP contribution in [-0.2, 0) is 9.59 Å². The highest BCUT2D eigenvalue weighted by Crippen LogP contribution is 2.68. The maximum Gasteiger partial charge on any atom is 0.147 e. The number of aldehydes is 1. The van der Waals surface area contributed by atoms with Crippen LogP contribution in [0.25, 0.3) is 0 Å². The Kier molecular flexibility index (Phi) is 6.66. The van der Waals surface area contributed by atoms with Gasteiger partial charge >= 0.3 is 0 Å². The van der Waals surface area contributed by atoms with Crippen LogP contribution in [0.4, 0.5) is 0 Å². The summed E-state index contributed by atoms with van der Waals surface area (Å²) in [5.74, 6) is 10.7. The number of Topliss-reactive ketones (excluding diaryl/α,β-unsaturated/α-hetero) is 1. The van der Waals surface area contributed by atoms with Gasteiger partial charge in [-0.25, -0.2) is 0 Å². The van der Waals surface area contributed by atoms with Gasteiger partial charge in [-0.1, -0.05) is 34.6 Å². The van der Waals surface area contributed by atoms with E-state index in [1.54, 1.807) is 0 Å². The SMILES string of the molecule is CC(C)C(=O)CC[C@@H](C)[C@H]1CC[C@H]2[C@@H]3CCC4CC(NN)=C(C=O)C[C@]4(C)[C@H]3CC[C@]12C. The van der Waals surface area contributed by atoms with Crippen molar-refractivity contribution in [2.24, 2.45) is 58.1 Å². The molecular formula is C28H46N2O2. The highest BCUT2D eigenvalue weighted by molar-refractivity contribution is 5.80. The molecule has 0 heterocycles. The van der Waals surface area contributed by atoms with Crippen LogP contribution in [0.15, 0.2) is 11.3 Å². The van der Waals surface area contributed by atoms with E-state index in [4.69, 9.17) is 5.84 Å². The predicted molar refractivity (Wildman–Crippen MR) is 129 cm³/mol. The number of nitrogens with two attached hydrogens (primary N) is 1. The minimum absolute atomic E-state index is 0.163. The lowest BCUT2D eigenvalue weighted by Crippen LogP contribution is -2.54. The van der Waals surface area contributed by atoms with E-state index in [2.05, 4.69) is 26.2 Å². The van der Waals surface area contributed by atoms with Crippen molar-refractivity contribution in [3.63, 3.8) is 0 Å². The summed E-state index contributed by atoms with van der Waals surface area (Å²) in [6.45, 7) is 11.6. The molecule has 3 saturated carbocycles. The molecule has 3 fully saturated rings. The maximum atomic E-state index is 12.2. The second-order valence-corrected chi connectivity index (χ2v) is 12.7. The first-order chi connectivity index (χ1) is 15.2. The van der Waals surface area contributed by atoms with Gasteiger partial charge in [-0.3, -0.25) is 15.4 Å². The number of hydrazine groups is 1. The molecule has 0 aromatic heterocycles. The fourth-order valence-corrected chi connectivity index (χ4v) is 9.14. The third kappa shape index (κ3) is 3.79. The molecule has 4 nitrogen and oxygen atoms in total. The van der Waals surface area contributed by atoms with Gasteiger partial charge in [0.2, 0.25) is 0 Å². The molecule has 32 heavy (non-hydrogen) atoms. The number of ketones is 1. The number of carbonyl (C=O) groups is 2. The zero-order valence-electron chi connectivity index (χ0n) is 21.1. The number of rotatable bonds is 7. The Hall–Kier alpha value is -1.16. The zero-order chi connectivity index (χ0) is 23.3. The monoisotopic (exact) mass is 442 g/mol. The van der Waals surface area contributed by atoms with Gasteiger partial charge in [0.15, 0.2) is 0 Å². The van der Waals surface area contributed by atoms with Gasteiger partial charge < -0.3 is 5.43 Å². The molecule has 8 atom stereocenters. The van der Waals surface area contributed by atoms with Crippen molar-refractivity contribution >= 4 is 12.1 Å². The van der Waals surface area contributed by atoms with Crippen LogP contribution < -0.4 is 11.3 Å². The molecule has 0 radical (unpaired) electrons. The fourth-order valence-electron chi connectivity index (χ4n) is 9.14. The summed E-state index contributed by atoms with van der Waals surface area (Å²) in [5.41, 5.74) is 5.38. The van der Waals surface area contributed by atoms with E-state index in [-0.39, 0.29) is 11.3 Å². The average molecular weight is 443 g/mol. The van der Waals surface area contributed by atoms with Crippen LogP contribution in [-0.4, -0.2) is 12.1 Å². The minimum atomic E-state index is 0.163. The number of nitrogens with one attached hydrogen (secondary N) is 1. The Morgan fingerprint density at radius 2 is 1.81 bits per heavy atom. The third-order valence-corrected chi connectivity index (χ3v) is 11.0. The molecule has 0 aromatic rings. The average Bonchev–Trinajstić information content (AvgIpc) is 3.13. The van der Waals surface area contributed by atoms with Gasteiger partial charge in [0.25, 0.3) is 0 Å². The second-order valence-electron chi connectivity index (χ2n) is 12.7. The summed E-state index contributed by atoms with van der Waals surface area (Å²) in [5, 5.41) is 0. The lowest BCUT2D eigenvalue weighted by molar-refractivity contribution is -0.122. The lowest BCUT2D eigenvalue weighted by atomic mass is 9.44. The quantitative estimate of drug-likeness (QED) is 0.296. The van der Waals surface area contributed by atoms with E-state index in [9.17, 15) is 9.59 Å². The number of fused-ring (bicyclic) bond motifs is 5. The van der Waals surface area contributed by atoms with Crippen molar-refractivity contribution in [3.8, 4) is 0 Å². The first-order valence-corrected chi connectivity index (χ1v) is 13.3. The molecule has 0 bridgehead atoms. The van der Waals surface area contributed by atoms with Gasteiger partial charge in [0.05, 0.1) is 0 Å². The smallest absolute Gasteiger partial charge is 0.147 e. The molecule has 4 aliphatic rings. The van der Waals surface area contributed by atoms with Gasteiger partial charge in [-0.15, -0.1) is 0 Å². The van der Waals surface area contributed by atoms with Gasteiger partial charge in [0, 0.05) is 23.6 Å². The Morgan fingerprint density at radius 3 is 2.47 bits per heavy atom. The molecule has 4 rings (SSSR count). The molecule has 1 unspecified atom stereocenters. The van der Waals surface area contributed by atoms with Crippen molar-refractivity contribution in [2.75, 3.05) is 0 Å². The first kappa shape index (κ1) is 24.0. The fraction of sp³-hybridized carbons (Fsp3) is 0.857. The summed E-state index contributed by atoms with van der Waals surface area (Å²) < 4.78 is 0. The van der Waals surface area contributed by atoms with Crippen LogP contribution in [0.5, 0.6) is 0 Å². The Labute approximate surface area is 195 Å². The Morgan fingerprint density at radius 1 is 1.09 bits per heavy atom. The van der Waals surface area contributed by atoms with Crippen LogP contribution in [0, 0.1) is 52.3 Å². The van der Waals surface area contributed by atoms with E-state index in [1.165, 1.54) is 38.5 Å². The number of hydrogen-bond acceptors (Lipinski definition) is 4. The molecule has 4 heteroatoms. The van der Waals surface area contributed by atoms with E-state index < -0.39 is 0 Å². The number of allylic oxidation sites excluding steroid dienone is 2. The Bertz CT molecular complexity index is 773. The van der Waals surface area contributed by atoms with Crippen LogP contribution in [0.2, 0.25) is 0 Å². The minimum Gasteiger partial charge on any atom is -0.328 e. The molecule has 3 N–H and O–H groups in total. The zero-order valence-corrected chi connectivity index (χ0v) is 21.1. The highest BCUT2D eigenvalue weighted by Gasteiger charge is 2.60. The predicted octanol–water partition coefficient (Wildman–Crippen LogP) is 5.81. The summed E-state index contributed by atoms with van der Waals surface area (Å²) in [6.07, 6.45) is 12.6. The number of hydrogen-bond donors (Lipinski definition) is 2. The normalized spacial score (nSPS) is 42.2. The van der Waals surface area contributed by atoms with Crippen molar-refractivity contribution < 1.29 is 9.59 Å². The summed E-state index contributed by atoms with van der Waals surface area (Å²) in [7, 11) is 0. The van der Waals surface area contributed by atoms with Crippen LogP contribution in [0.1, 0.15) is 98.8 Å². The topological polar surface area (TPSA) is 72.2 Å². The first-order valence-electron chi connectivity index (χ1n) is 13.3. The largest absolute Gasteiger partial charge is 0.328 e. The van der Waals surface area contributed by atoms with E-state index in [0.29, 0.717) is 23.0 Å². The van der Waals surface area contributed by atoms with Crippen LogP contribution >= 0.6 is 0 Å². The van der Waals surface area contributed by atoms with E-state index in [1.807, 2.05) is 13.8 Å². The van der Waals surface area contributed by atoms with Crippen LogP contribution in [0.3, 0.4) is 0 Å². The summed E-state index contributed by atoms with van der Waals surface area (Å²) in [6, 6.07) is 0. The summed E-state index contributed by atoms with van der Waals surface area (Å²) in [4.78, 5) is 24.1. The summed E-state index contributed by atoms with van der Waals surface area (Å²) >= 11 is 0. The van der Waals surface area contributed by atoms with E-state index in [0.717, 1.165) is 66.9 Å². The van der Waals surface area contributed by atoms with Crippen molar-refractivity contribution in [1.29, 1.82) is 0 Å². The van der Waals surface area contributed by atoms with Gasteiger partial charge in [0.1, 0.15) is 12.1 Å². The van der Waals surface area contributed by atoms with E-state index >= 15 is 0 Å². The maximum absolute atomic E-state index is 12.2. The molecule has 0 amide bonds. The number of carbonyl (C=O) groups excluding carboxylic acids is 2. The second kappa shape index (κ2) is 8.89. The van der Waals surface area contributed by atoms with Gasteiger partial charge in [-0.2, -0.15) is 0 Å². The molecule has 4 aliphatic carbocycles. The van der Waals surface area contributed by atoms with Crippen molar-refractivity contribution in [2.45, 2.75) is 98.8 Å². The lowest BCUT2D eigenvalue weighted by Gasteiger charge is -2.60. The Balaban J connectivity index is 1.51.